The molecular weight excluding hydrogens is 348 g/mol. The van der Waals surface area contributed by atoms with Crippen molar-refractivity contribution >= 4 is 20.0 Å². The van der Waals surface area contributed by atoms with E-state index in [1.54, 1.807) is 0 Å². The average molecular weight is 368 g/mol. The van der Waals surface area contributed by atoms with Gasteiger partial charge in [0.25, 0.3) is 0 Å². The van der Waals surface area contributed by atoms with E-state index in [4.69, 9.17) is 14.6 Å². The third-order valence-corrected chi connectivity index (χ3v) is 5.73. The number of nitrogens with one attached hydrogen (secondary N) is 2. The van der Waals surface area contributed by atoms with Gasteiger partial charge in [-0.25, -0.2) is 26.3 Å². The van der Waals surface area contributed by atoms with Crippen LogP contribution in [-0.4, -0.2) is 62.1 Å². The van der Waals surface area contributed by atoms with E-state index in [0.29, 0.717) is 0 Å². The van der Waals surface area contributed by atoms with E-state index in [0.717, 1.165) is 0 Å². The summed E-state index contributed by atoms with van der Waals surface area (Å²) in [6.07, 6.45) is -0.730. The predicted octanol–water partition coefficient (Wildman–Crippen LogP) is -1.15. The van der Waals surface area contributed by atoms with Gasteiger partial charge in [-0.05, 0) is 24.3 Å². The van der Waals surface area contributed by atoms with E-state index in [2.05, 4.69) is 9.44 Å². The minimum absolute atomic E-state index is 0.0898. The maximum Gasteiger partial charge on any atom is 0.240 e. The summed E-state index contributed by atoms with van der Waals surface area (Å²) in [6, 6.07) is 4.67. The van der Waals surface area contributed by atoms with E-state index in [1.807, 2.05) is 0 Å². The van der Waals surface area contributed by atoms with Crippen molar-refractivity contribution in [1.82, 2.24) is 9.44 Å². The van der Waals surface area contributed by atoms with Crippen LogP contribution in [0.3, 0.4) is 0 Å². The number of ether oxygens (including phenoxy) is 2. The number of aliphatic hydroxyl groups is 1. The summed E-state index contributed by atoms with van der Waals surface area (Å²) < 4.78 is 62.0. The van der Waals surface area contributed by atoms with Gasteiger partial charge < -0.3 is 14.6 Å². The fraction of sp³-hybridized carbons (Fsp3) is 0.500. The van der Waals surface area contributed by atoms with Crippen LogP contribution in [0, 0.1) is 0 Å². The van der Waals surface area contributed by atoms with Crippen molar-refractivity contribution in [1.29, 1.82) is 0 Å². The predicted molar refractivity (Wildman–Crippen MR) is 81.7 cm³/mol. The average Bonchev–Trinajstić information content (AvgIpc) is 2.54. The van der Waals surface area contributed by atoms with Crippen molar-refractivity contribution in [2.45, 2.75) is 16.1 Å². The first-order valence-electron chi connectivity index (χ1n) is 6.52. The van der Waals surface area contributed by atoms with Crippen molar-refractivity contribution in [3.63, 3.8) is 0 Å². The van der Waals surface area contributed by atoms with Crippen molar-refractivity contribution in [2.75, 3.05) is 33.9 Å². The molecule has 0 bridgehead atoms. The number of rotatable bonds is 10. The fourth-order valence-corrected chi connectivity index (χ4v) is 3.62. The highest BCUT2D eigenvalue weighted by atomic mass is 32.2. The molecule has 0 aromatic heterocycles. The molecule has 0 saturated carbocycles. The summed E-state index contributed by atoms with van der Waals surface area (Å²) in [4.78, 5) is -0.193. The lowest BCUT2D eigenvalue weighted by atomic mass is 10.4. The third kappa shape index (κ3) is 5.80. The van der Waals surface area contributed by atoms with Gasteiger partial charge in [0.1, 0.15) is 0 Å². The van der Waals surface area contributed by atoms with Gasteiger partial charge in [-0.2, -0.15) is 0 Å². The lowest BCUT2D eigenvalue weighted by Gasteiger charge is -2.14. The van der Waals surface area contributed by atoms with Gasteiger partial charge >= 0.3 is 0 Å². The SMILES string of the molecule is COC(CNS(=O)(=O)c1ccc(S(=O)(=O)NCCO)cc1)OC. The smallest absolute Gasteiger partial charge is 0.240 e. The summed E-state index contributed by atoms with van der Waals surface area (Å²) in [5, 5.41) is 8.64. The first-order valence-corrected chi connectivity index (χ1v) is 9.49. The number of sulfonamides is 2. The lowest BCUT2D eigenvalue weighted by Crippen LogP contribution is -2.34. The molecular formula is C12H20N2O7S2. The highest BCUT2D eigenvalue weighted by Crippen LogP contribution is 2.14. The molecule has 9 nitrogen and oxygen atoms in total. The summed E-state index contributed by atoms with van der Waals surface area (Å²) in [5.41, 5.74) is 0. The first kappa shape index (κ1) is 20.0. The maximum absolute atomic E-state index is 12.1. The number of hydrogen-bond donors (Lipinski definition) is 3. The normalized spacial score (nSPS) is 12.7. The van der Waals surface area contributed by atoms with Crippen molar-refractivity contribution in [3.05, 3.63) is 24.3 Å². The number of methoxy groups -OCH3 is 2. The molecule has 0 amide bonds. The first-order chi connectivity index (χ1) is 10.8. The molecule has 0 fully saturated rings. The van der Waals surface area contributed by atoms with Crippen molar-refractivity contribution in [2.24, 2.45) is 0 Å². The van der Waals surface area contributed by atoms with Gasteiger partial charge in [-0.3, -0.25) is 0 Å². The minimum Gasteiger partial charge on any atom is -0.395 e. The summed E-state index contributed by atoms with van der Waals surface area (Å²) in [7, 11) is -4.85. The second kappa shape index (κ2) is 8.68. The number of hydrogen-bond acceptors (Lipinski definition) is 7. The molecule has 0 aliphatic carbocycles. The Hall–Kier alpha value is -1.08. The largest absolute Gasteiger partial charge is 0.395 e. The molecule has 3 N–H and O–H groups in total. The van der Waals surface area contributed by atoms with Crippen LogP contribution < -0.4 is 9.44 Å². The van der Waals surface area contributed by atoms with Gasteiger partial charge in [0.15, 0.2) is 6.29 Å². The van der Waals surface area contributed by atoms with Crippen LogP contribution in [0.25, 0.3) is 0 Å². The van der Waals surface area contributed by atoms with Gasteiger partial charge in [0.05, 0.1) is 22.9 Å². The van der Waals surface area contributed by atoms with Crippen LogP contribution in [0.5, 0.6) is 0 Å². The molecule has 0 unspecified atom stereocenters. The molecule has 0 aliphatic rings. The Bertz CT molecular complexity index is 683. The Kier molecular flexibility index (Phi) is 7.54. The molecule has 0 aliphatic heterocycles. The summed E-state index contributed by atoms with van der Waals surface area (Å²) in [6.45, 7) is -0.553. The highest BCUT2D eigenvalue weighted by molar-refractivity contribution is 7.90. The summed E-state index contributed by atoms with van der Waals surface area (Å²) >= 11 is 0. The molecule has 0 saturated heterocycles. The Balaban J connectivity index is 2.87. The van der Waals surface area contributed by atoms with Crippen LogP contribution in [0.4, 0.5) is 0 Å². The van der Waals surface area contributed by atoms with Crippen LogP contribution in [-0.2, 0) is 29.5 Å². The molecule has 0 radical (unpaired) electrons. The standard InChI is InChI=1S/C12H20N2O7S2/c1-20-12(21-2)9-14-23(18,19)11-5-3-10(4-6-11)22(16,17)13-7-8-15/h3-6,12-15H,7-9H2,1-2H3. The van der Waals surface area contributed by atoms with Gasteiger partial charge in [-0.1, -0.05) is 0 Å². The van der Waals surface area contributed by atoms with Gasteiger partial charge in [0.2, 0.25) is 20.0 Å². The Morgan fingerprint density at radius 1 is 0.957 bits per heavy atom. The minimum atomic E-state index is -3.82. The number of benzene rings is 1. The molecule has 1 aromatic rings. The molecule has 0 heterocycles. The van der Waals surface area contributed by atoms with Crippen molar-refractivity contribution < 1.29 is 31.4 Å². The number of aliphatic hydroxyl groups excluding tert-OH is 1. The van der Waals surface area contributed by atoms with Gasteiger partial charge in [-0.15, -0.1) is 0 Å². The second-order valence-corrected chi connectivity index (χ2v) is 7.88. The quantitative estimate of drug-likeness (QED) is 0.445. The van der Waals surface area contributed by atoms with Crippen LogP contribution in [0.2, 0.25) is 0 Å². The van der Waals surface area contributed by atoms with Crippen molar-refractivity contribution in [3.8, 4) is 0 Å². The topological polar surface area (TPSA) is 131 Å². The molecule has 0 atom stereocenters. The zero-order valence-electron chi connectivity index (χ0n) is 12.7. The van der Waals surface area contributed by atoms with E-state index in [1.165, 1.54) is 38.5 Å². The van der Waals surface area contributed by atoms with Crippen LogP contribution in [0.15, 0.2) is 34.1 Å². The monoisotopic (exact) mass is 368 g/mol. The zero-order chi connectivity index (χ0) is 17.5. The van der Waals surface area contributed by atoms with Gasteiger partial charge in [0, 0.05) is 20.8 Å². The fourth-order valence-electron chi connectivity index (χ4n) is 1.59. The molecule has 0 spiro atoms. The lowest BCUT2D eigenvalue weighted by molar-refractivity contribution is -0.0960. The highest BCUT2D eigenvalue weighted by Gasteiger charge is 2.19. The van der Waals surface area contributed by atoms with E-state index in [9.17, 15) is 16.8 Å². The third-order valence-electron chi connectivity index (χ3n) is 2.81. The van der Waals surface area contributed by atoms with Crippen LogP contribution in [0.1, 0.15) is 0 Å². The zero-order valence-corrected chi connectivity index (χ0v) is 14.4. The Labute approximate surface area is 135 Å². The van der Waals surface area contributed by atoms with Crippen LogP contribution >= 0.6 is 0 Å². The molecule has 11 heteroatoms. The maximum atomic E-state index is 12.1. The van der Waals surface area contributed by atoms with E-state index >= 15 is 0 Å². The molecule has 1 aromatic carbocycles. The molecule has 23 heavy (non-hydrogen) atoms. The summed E-state index contributed by atoms with van der Waals surface area (Å²) in [5.74, 6) is 0. The second-order valence-electron chi connectivity index (χ2n) is 4.35. The Morgan fingerprint density at radius 3 is 1.78 bits per heavy atom. The molecule has 132 valence electrons. The van der Waals surface area contributed by atoms with E-state index < -0.39 is 26.3 Å². The Morgan fingerprint density at radius 2 is 1.39 bits per heavy atom. The molecule has 1 rings (SSSR count). The van der Waals surface area contributed by atoms with E-state index in [-0.39, 0.29) is 29.5 Å².